The Bertz CT molecular complexity index is 660. The molecule has 1 atom stereocenters. The fraction of sp³-hybridized carbons (Fsp3) is 0.667. The molecule has 0 radical (unpaired) electrons. The topological polar surface area (TPSA) is 44.3 Å². The van der Waals surface area contributed by atoms with Crippen molar-refractivity contribution in [3.8, 4) is 0 Å². The second kappa shape index (κ2) is 7.76. The summed E-state index contributed by atoms with van der Waals surface area (Å²) < 4.78 is 0. The number of anilines is 1. The van der Waals surface area contributed by atoms with Gasteiger partial charge in [-0.15, -0.1) is 11.3 Å². The number of piperazine rings is 1. The number of hydrogen-bond donors (Lipinski definition) is 1. The van der Waals surface area contributed by atoms with Gasteiger partial charge in [-0.3, -0.25) is 4.90 Å². The Hall–Kier alpha value is -1.24. The zero-order chi connectivity index (χ0) is 17.1. The van der Waals surface area contributed by atoms with Gasteiger partial charge < -0.3 is 10.2 Å². The maximum atomic E-state index is 4.50. The monoisotopic (exact) mass is 347 g/mol. The molecule has 1 fully saturated rings. The first kappa shape index (κ1) is 17.6. The Morgan fingerprint density at radius 1 is 1.21 bits per heavy atom. The van der Waals surface area contributed by atoms with Crippen LogP contribution in [0.2, 0.25) is 0 Å². The van der Waals surface area contributed by atoms with E-state index in [1.54, 1.807) is 17.7 Å². The summed E-state index contributed by atoms with van der Waals surface area (Å²) in [6.07, 6.45) is 2.73. The summed E-state index contributed by atoms with van der Waals surface area (Å²) in [5.41, 5.74) is 0. The third kappa shape index (κ3) is 3.87. The van der Waals surface area contributed by atoms with E-state index in [-0.39, 0.29) is 0 Å². The fourth-order valence-electron chi connectivity index (χ4n) is 3.36. The van der Waals surface area contributed by atoms with Crippen LogP contribution in [0.4, 0.5) is 5.82 Å². The minimum Gasteiger partial charge on any atom is -0.368 e. The molecule has 5 nitrogen and oxygen atoms in total. The molecule has 1 saturated heterocycles. The van der Waals surface area contributed by atoms with Crippen LogP contribution in [0.3, 0.4) is 0 Å². The average Bonchev–Trinajstić information content (AvgIpc) is 3.00. The molecule has 2 aromatic rings. The van der Waals surface area contributed by atoms with Crippen molar-refractivity contribution in [3.63, 3.8) is 0 Å². The summed E-state index contributed by atoms with van der Waals surface area (Å²) in [5, 5.41) is 4.78. The lowest BCUT2D eigenvalue weighted by Gasteiger charge is -2.40. The number of aryl methyl sites for hydroxylation is 1. The molecule has 0 aliphatic carbocycles. The lowest BCUT2D eigenvalue weighted by molar-refractivity contribution is 0.0944. The highest BCUT2D eigenvalue weighted by Crippen LogP contribution is 2.28. The van der Waals surface area contributed by atoms with E-state index in [0.29, 0.717) is 12.0 Å². The van der Waals surface area contributed by atoms with Crippen molar-refractivity contribution in [2.24, 2.45) is 5.92 Å². The molecule has 2 aromatic heterocycles. The summed E-state index contributed by atoms with van der Waals surface area (Å²) in [6.45, 7) is 12.4. The van der Waals surface area contributed by atoms with Gasteiger partial charge in [0.2, 0.25) is 0 Å². The third-order valence-electron chi connectivity index (χ3n) is 4.98. The van der Waals surface area contributed by atoms with Crippen LogP contribution in [-0.4, -0.2) is 65.6 Å². The molecule has 1 aliphatic heterocycles. The minimum atomic E-state index is 0.535. The van der Waals surface area contributed by atoms with Gasteiger partial charge in [0, 0.05) is 43.6 Å². The van der Waals surface area contributed by atoms with Gasteiger partial charge in [0.05, 0.1) is 5.39 Å². The Balaban J connectivity index is 1.71. The predicted octanol–water partition coefficient (Wildman–Crippen LogP) is 2.94. The molecule has 24 heavy (non-hydrogen) atoms. The second-order valence-corrected chi connectivity index (χ2v) is 8.15. The second-order valence-electron chi connectivity index (χ2n) is 7.04. The molecule has 0 amide bonds. The van der Waals surface area contributed by atoms with Crippen LogP contribution in [0.1, 0.15) is 25.6 Å². The highest BCUT2D eigenvalue weighted by Gasteiger charge is 2.25. The number of nitrogens with one attached hydrogen (secondary N) is 1. The van der Waals surface area contributed by atoms with E-state index in [0.717, 1.165) is 49.8 Å². The molecule has 3 rings (SSSR count). The molecule has 0 saturated carbocycles. The predicted molar refractivity (Wildman–Crippen MR) is 103 cm³/mol. The number of hydrogen-bond acceptors (Lipinski definition) is 6. The maximum Gasteiger partial charge on any atom is 0.138 e. The molecule has 3 heterocycles. The van der Waals surface area contributed by atoms with E-state index in [9.17, 15) is 0 Å². The van der Waals surface area contributed by atoms with Crippen molar-refractivity contribution in [3.05, 3.63) is 17.3 Å². The van der Waals surface area contributed by atoms with Gasteiger partial charge in [-0.25, -0.2) is 9.97 Å². The van der Waals surface area contributed by atoms with Crippen LogP contribution >= 0.6 is 11.3 Å². The van der Waals surface area contributed by atoms with Crippen LogP contribution in [0.15, 0.2) is 12.4 Å². The zero-order valence-electron chi connectivity index (χ0n) is 15.2. The molecule has 132 valence electrons. The van der Waals surface area contributed by atoms with Crippen LogP contribution < -0.4 is 5.32 Å². The van der Waals surface area contributed by atoms with Crippen LogP contribution in [0.25, 0.3) is 10.2 Å². The number of fused-ring (bicyclic) bond motifs is 1. The van der Waals surface area contributed by atoms with Crippen molar-refractivity contribution < 1.29 is 0 Å². The summed E-state index contributed by atoms with van der Waals surface area (Å²) in [7, 11) is 2.21. The van der Waals surface area contributed by atoms with Gasteiger partial charge in [-0.1, -0.05) is 20.8 Å². The maximum absolute atomic E-state index is 4.50. The highest BCUT2D eigenvalue weighted by molar-refractivity contribution is 7.18. The fourth-order valence-corrected chi connectivity index (χ4v) is 4.30. The number of nitrogens with zero attached hydrogens (tertiary/aromatic N) is 4. The van der Waals surface area contributed by atoms with Crippen LogP contribution in [0.5, 0.6) is 0 Å². The molecule has 0 aromatic carbocycles. The molecular formula is C18H29N5S. The Morgan fingerprint density at radius 2 is 1.96 bits per heavy atom. The van der Waals surface area contributed by atoms with Crippen LogP contribution in [0, 0.1) is 5.92 Å². The van der Waals surface area contributed by atoms with Crippen LogP contribution in [-0.2, 0) is 6.42 Å². The van der Waals surface area contributed by atoms with Crippen molar-refractivity contribution in [1.29, 1.82) is 0 Å². The summed E-state index contributed by atoms with van der Waals surface area (Å²) in [4.78, 5) is 16.4. The molecule has 0 bridgehead atoms. The number of aromatic nitrogens is 2. The van der Waals surface area contributed by atoms with Gasteiger partial charge in [0.15, 0.2) is 0 Å². The summed E-state index contributed by atoms with van der Waals surface area (Å²) >= 11 is 1.77. The number of likely N-dealkylation sites (N-methyl/N-ethyl adjacent to an activating group) is 1. The highest BCUT2D eigenvalue weighted by atomic mass is 32.1. The van der Waals surface area contributed by atoms with E-state index in [2.05, 4.69) is 59.0 Å². The van der Waals surface area contributed by atoms with E-state index in [1.165, 1.54) is 10.3 Å². The smallest absolute Gasteiger partial charge is 0.138 e. The van der Waals surface area contributed by atoms with E-state index >= 15 is 0 Å². The quantitative estimate of drug-likeness (QED) is 0.870. The van der Waals surface area contributed by atoms with Crippen molar-refractivity contribution in [2.45, 2.75) is 33.2 Å². The van der Waals surface area contributed by atoms with E-state index < -0.39 is 0 Å². The number of thiophene rings is 1. The van der Waals surface area contributed by atoms with Gasteiger partial charge in [-0.05, 0) is 25.5 Å². The molecule has 1 N–H and O–H groups in total. The zero-order valence-corrected chi connectivity index (χ0v) is 16.1. The molecule has 6 heteroatoms. The van der Waals surface area contributed by atoms with Gasteiger partial charge in [0.1, 0.15) is 17.0 Å². The first-order valence-electron chi connectivity index (χ1n) is 8.98. The Morgan fingerprint density at radius 3 is 2.62 bits per heavy atom. The lowest BCUT2D eigenvalue weighted by Crippen LogP contribution is -2.52. The van der Waals surface area contributed by atoms with Crippen molar-refractivity contribution in [1.82, 2.24) is 19.8 Å². The average molecular weight is 348 g/mol. The van der Waals surface area contributed by atoms with Gasteiger partial charge in [-0.2, -0.15) is 0 Å². The Kier molecular flexibility index (Phi) is 5.69. The van der Waals surface area contributed by atoms with Crippen molar-refractivity contribution in [2.75, 3.05) is 45.1 Å². The molecule has 0 unspecified atom stereocenters. The Labute approximate surface area is 149 Å². The SMILES string of the molecule is CCc1cc2c(NC[C@@H](C(C)C)N3CCN(C)CC3)ncnc2s1. The normalized spacial score (nSPS) is 18.4. The van der Waals surface area contributed by atoms with Gasteiger partial charge in [0.25, 0.3) is 0 Å². The standard InChI is InChI=1S/C18H29N5S/c1-5-14-10-15-17(20-12-21-18(15)24-14)19-11-16(13(2)3)23-8-6-22(4)7-9-23/h10,12-13,16H,5-9,11H2,1-4H3,(H,19,20,21)/t16-/m0/s1. The minimum absolute atomic E-state index is 0.535. The first-order valence-corrected chi connectivity index (χ1v) is 9.80. The molecule has 0 spiro atoms. The third-order valence-corrected chi connectivity index (χ3v) is 6.17. The molecule has 1 aliphatic rings. The summed E-state index contributed by atoms with van der Waals surface area (Å²) in [5.74, 6) is 1.60. The first-order chi connectivity index (χ1) is 11.6. The largest absolute Gasteiger partial charge is 0.368 e. The van der Waals surface area contributed by atoms with Gasteiger partial charge >= 0.3 is 0 Å². The van der Waals surface area contributed by atoms with E-state index in [1.807, 2.05) is 0 Å². The molecular weight excluding hydrogens is 318 g/mol. The van der Waals surface area contributed by atoms with E-state index in [4.69, 9.17) is 0 Å². The van der Waals surface area contributed by atoms with Crippen molar-refractivity contribution >= 4 is 27.4 Å². The number of rotatable bonds is 6. The summed E-state index contributed by atoms with van der Waals surface area (Å²) in [6, 6.07) is 2.77. The lowest BCUT2D eigenvalue weighted by atomic mass is 10.0.